The number of carbonyl (C=O) groups excluding carboxylic acids is 3. The Balaban J connectivity index is 1.55. The maximum absolute atomic E-state index is 13.9. The lowest BCUT2D eigenvalue weighted by Gasteiger charge is -2.36. The maximum atomic E-state index is 13.9. The van der Waals surface area contributed by atoms with E-state index >= 15 is 0 Å². The fraction of sp³-hybridized carbons (Fsp3) is 0.348. The molecule has 0 radical (unpaired) electrons. The van der Waals surface area contributed by atoms with Gasteiger partial charge >= 0.3 is 0 Å². The van der Waals surface area contributed by atoms with Gasteiger partial charge in [0.1, 0.15) is 5.54 Å². The number of hydrogen-bond acceptors (Lipinski definition) is 6. The number of imide groups is 1. The normalized spacial score (nSPS) is 30.6. The highest BCUT2D eigenvalue weighted by molar-refractivity contribution is 6.26. The molecule has 4 aliphatic heterocycles. The van der Waals surface area contributed by atoms with Gasteiger partial charge in [-0.25, -0.2) is 4.90 Å². The first kappa shape index (κ1) is 19.1. The van der Waals surface area contributed by atoms with E-state index in [1.54, 1.807) is 6.07 Å². The van der Waals surface area contributed by atoms with Gasteiger partial charge in [-0.2, -0.15) is 0 Å². The molecule has 4 aliphatic rings. The molecule has 2 aromatic carbocycles. The molecule has 2 aromatic rings. The summed E-state index contributed by atoms with van der Waals surface area (Å²) in [7, 11) is 0. The highest BCUT2D eigenvalue weighted by atomic mass is 16.6. The molecule has 9 heteroatoms. The fourth-order valence-corrected chi connectivity index (χ4v) is 6.45. The molecule has 162 valence electrons. The van der Waals surface area contributed by atoms with Crippen LogP contribution in [-0.4, -0.2) is 40.1 Å². The van der Waals surface area contributed by atoms with E-state index in [-0.39, 0.29) is 34.8 Å². The number of hydrogen-bond donors (Lipinski definition) is 1. The third kappa shape index (κ3) is 2.04. The Hall–Kier alpha value is -3.59. The van der Waals surface area contributed by atoms with E-state index in [9.17, 15) is 24.5 Å². The maximum Gasteiger partial charge on any atom is 0.274 e. The van der Waals surface area contributed by atoms with E-state index in [2.05, 4.69) is 10.2 Å². The topological polar surface area (TPSA) is 113 Å². The Morgan fingerprint density at radius 2 is 1.88 bits per heavy atom. The number of nitro benzene ring substituents is 1. The SMILES string of the molecule is Cc1c(N2C(=O)[C@@H]3[C@H]4CCCN4[C@@]4(C(=O)Nc5ccccc54)[C@@H]3C2=O)cccc1[N+](=O)[O-]. The van der Waals surface area contributed by atoms with E-state index < -0.39 is 28.2 Å². The van der Waals surface area contributed by atoms with Gasteiger partial charge in [-0.05, 0) is 38.4 Å². The van der Waals surface area contributed by atoms with Gasteiger partial charge in [-0.1, -0.05) is 24.3 Å². The lowest BCUT2D eigenvalue weighted by atomic mass is 9.75. The van der Waals surface area contributed by atoms with E-state index in [0.29, 0.717) is 12.2 Å². The second-order valence-corrected chi connectivity index (χ2v) is 8.86. The average molecular weight is 432 g/mol. The number of carbonyl (C=O) groups is 3. The van der Waals surface area contributed by atoms with Crippen LogP contribution in [0.2, 0.25) is 0 Å². The first-order chi connectivity index (χ1) is 15.4. The van der Waals surface area contributed by atoms with Gasteiger partial charge in [0.15, 0.2) is 0 Å². The minimum Gasteiger partial charge on any atom is -0.324 e. The Labute approximate surface area is 183 Å². The number of nitrogens with one attached hydrogen (secondary N) is 1. The van der Waals surface area contributed by atoms with E-state index in [4.69, 9.17) is 0 Å². The van der Waals surface area contributed by atoms with Crippen LogP contribution in [0.15, 0.2) is 42.5 Å². The zero-order valence-electron chi connectivity index (χ0n) is 17.3. The van der Waals surface area contributed by atoms with Crippen LogP contribution in [0.4, 0.5) is 17.1 Å². The van der Waals surface area contributed by atoms with Crippen molar-refractivity contribution in [2.75, 3.05) is 16.8 Å². The molecule has 4 atom stereocenters. The van der Waals surface area contributed by atoms with Crippen LogP contribution < -0.4 is 10.2 Å². The van der Waals surface area contributed by atoms with Gasteiger partial charge in [0.05, 0.1) is 28.0 Å². The number of rotatable bonds is 2. The Kier molecular flexibility index (Phi) is 3.72. The summed E-state index contributed by atoms with van der Waals surface area (Å²) >= 11 is 0. The lowest BCUT2D eigenvalue weighted by molar-refractivity contribution is -0.385. The largest absolute Gasteiger partial charge is 0.324 e. The van der Waals surface area contributed by atoms with Crippen molar-refractivity contribution in [1.29, 1.82) is 0 Å². The van der Waals surface area contributed by atoms with Crippen molar-refractivity contribution in [2.24, 2.45) is 11.8 Å². The molecule has 0 aliphatic carbocycles. The summed E-state index contributed by atoms with van der Waals surface area (Å²) in [5.41, 5.74) is 0.472. The molecule has 1 N–H and O–H groups in total. The summed E-state index contributed by atoms with van der Waals surface area (Å²) in [6, 6.07) is 11.5. The van der Waals surface area contributed by atoms with Crippen LogP contribution in [0.3, 0.4) is 0 Å². The molecule has 3 amide bonds. The zero-order valence-corrected chi connectivity index (χ0v) is 17.3. The van der Waals surface area contributed by atoms with Crippen LogP contribution in [-0.2, 0) is 19.9 Å². The second-order valence-electron chi connectivity index (χ2n) is 8.86. The number of amides is 3. The number of nitro groups is 1. The zero-order chi connectivity index (χ0) is 22.4. The van der Waals surface area contributed by atoms with Crippen LogP contribution in [0.5, 0.6) is 0 Å². The molecule has 6 rings (SSSR count). The second kappa shape index (κ2) is 6.23. The van der Waals surface area contributed by atoms with Crippen LogP contribution in [0.1, 0.15) is 24.0 Å². The summed E-state index contributed by atoms with van der Waals surface area (Å²) in [6.45, 7) is 2.17. The van der Waals surface area contributed by atoms with Crippen LogP contribution in [0.25, 0.3) is 0 Å². The van der Waals surface area contributed by atoms with Crippen molar-refractivity contribution in [3.05, 3.63) is 63.7 Å². The van der Waals surface area contributed by atoms with Crippen molar-refractivity contribution in [3.8, 4) is 0 Å². The Bertz CT molecular complexity index is 1240. The first-order valence-corrected chi connectivity index (χ1v) is 10.7. The molecule has 0 bridgehead atoms. The predicted octanol–water partition coefficient (Wildman–Crippen LogP) is 2.33. The minimum atomic E-state index is -1.24. The van der Waals surface area contributed by atoms with Crippen LogP contribution >= 0.6 is 0 Å². The summed E-state index contributed by atoms with van der Waals surface area (Å²) < 4.78 is 0. The number of anilines is 2. The predicted molar refractivity (Wildman–Crippen MR) is 114 cm³/mol. The third-order valence-electron chi connectivity index (χ3n) is 7.61. The molecular weight excluding hydrogens is 412 g/mol. The molecule has 0 aromatic heterocycles. The molecule has 3 saturated heterocycles. The minimum absolute atomic E-state index is 0.152. The smallest absolute Gasteiger partial charge is 0.274 e. The molecule has 9 nitrogen and oxygen atoms in total. The number of fused-ring (bicyclic) bond motifs is 7. The van der Waals surface area contributed by atoms with Crippen molar-refractivity contribution in [2.45, 2.75) is 31.3 Å². The van der Waals surface area contributed by atoms with Gasteiger partial charge in [0.2, 0.25) is 17.7 Å². The van der Waals surface area contributed by atoms with Gasteiger partial charge in [-0.15, -0.1) is 0 Å². The molecule has 0 unspecified atom stereocenters. The van der Waals surface area contributed by atoms with Crippen molar-refractivity contribution in [3.63, 3.8) is 0 Å². The number of para-hydroxylation sites is 1. The fourth-order valence-electron chi connectivity index (χ4n) is 6.45. The molecule has 3 fully saturated rings. The van der Waals surface area contributed by atoms with Crippen molar-refractivity contribution < 1.29 is 19.3 Å². The summed E-state index contributed by atoms with van der Waals surface area (Å²) in [5.74, 6) is -2.67. The van der Waals surface area contributed by atoms with Crippen LogP contribution in [0, 0.1) is 28.9 Å². The van der Waals surface area contributed by atoms with E-state index in [0.717, 1.165) is 23.3 Å². The number of nitrogens with zero attached hydrogens (tertiary/aromatic N) is 3. The summed E-state index contributed by atoms with van der Waals surface area (Å²) in [4.78, 5) is 55.2. The highest BCUT2D eigenvalue weighted by Gasteiger charge is 2.74. The molecule has 32 heavy (non-hydrogen) atoms. The number of benzene rings is 2. The average Bonchev–Trinajstić information content (AvgIpc) is 3.47. The van der Waals surface area contributed by atoms with Crippen molar-refractivity contribution in [1.82, 2.24) is 4.90 Å². The van der Waals surface area contributed by atoms with Gasteiger partial charge < -0.3 is 5.32 Å². The quantitative estimate of drug-likeness (QED) is 0.443. The van der Waals surface area contributed by atoms with Gasteiger partial charge in [0.25, 0.3) is 5.69 Å². The monoisotopic (exact) mass is 432 g/mol. The molecule has 1 spiro atoms. The van der Waals surface area contributed by atoms with Gasteiger partial charge in [0, 0.05) is 23.4 Å². The summed E-state index contributed by atoms with van der Waals surface area (Å²) in [6.07, 6.45) is 1.56. The summed E-state index contributed by atoms with van der Waals surface area (Å²) in [5, 5.41) is 14.4. The molecular formula is C23H20N4O5. The van der Waals surface area contributed by atoms with Crippen molar-refractivity contribution >= 4 is 34.8 Å². The lowest BCUT2D eigenvalue weighted by Crippen LogP contribution is -2.54. The van der Waals surface area contributed by atoms with E-state index in [1.807, 2.05) is 24.3 Å². The Morgan fingerprint density at radius 3 is 2.66 bits per heavy atom. The Morgan fingerprint density at radius 1 is 1.09 bits per heavy atom. The first-order valence-electron chi connectivity index (χ1n) is 10.7. The third-order valence-corrected chi connectivity index (χ3v) is 7.61. The molecule has 4 heterocycles. The van der Waals surface area contributed by atoms with Gasteiger partial charge in [-0.3, -0.25) is 29.4 Å². The highest BCUT2D eigenvalue weighted by Crippen LogP contribution is 2.60. The molecule has 0 saturated carbocycles. The standard InChI is InChI=1S/C23H20N4O5/c1-12-15(8-4-9-16(12)27(31)32)26-20(28)18-17-10-5-11-25(17)23(19(18)21(26)29)13-6-2-3-7-14(13)24-22(23)30/h2-4,6-9,17-19H,5,10-11H2,1H3,(H,24,30)/t17-,18-,19+,23-/m1/s1. The van der Waals surface area contributed by atoms with E-state index in [1.165, 1.54) is 19.1 Å².